The van der Waals surface area contributed by atoms with Crippen LogP contribution >= 0.6 is 11.6 Å². The molecule has 0 saturated carbocycles. The first-order chi connectivity index (χ1) is 13.3. The summed E-state index contributed by atoms with van der Waals surface area (Å²) in [6.45, 7) is 5.34. The summed E-state index contributed by atoms with van der Waals surface area (Å²) in [7, 11) is 2.93. The van der Waals surface area contributed by atoms with E-state index in [2.05, 4.69) is 11.9 Å². The molecule has 1 fully saturated rings. The molecule has 1 heterocycles. The fourth-order valence-electron chi connectivity index (χ4n) is 2.79. The molecule has 0 radical (unpaired) electrons. The van der Waals surface area contributed by atoms with Gasteiger partial charge in [0.05, 0.1) is 30.8 Å². The van der Waals surface area contributed by atoms with Crippen molar-refractivity contribution in [2.24, 2.45) is 5.92 Å². The zero-order chi connectivity index (χ0) is 20.8. The van der Waals surface area contributed by atoms with Gasteiger partial charge in [0.2, 0.25) is 5.91 Å². The number of ether oxygens (including phenoxy) is 3. The van der Waals surface area contributed by atoms with E-state index >= 15 is 0 Å². The van der Waals surface area contributed by atoms with Crippen LogP contribution in [0.25, 0.3) is 0 Å². The van der Waals surface area contributed by atoms with Gasteiger partial charge in [0.15, 0.2) is 6.10 Å². The van der Waals surface area contributed by atoms with E-state index in [0.717, 1.165) is 0 Å². The predicted molar refractivity (Wildman–Crippen MR) is 104 cm³/mol. The largest absolute Gasteiger partial charge is 0.495 e. The molecule has 0 bridgehead atoms. The first kappa shape index (κ1) is 21.6. The number of amides is 2. The van der Waals surface area contributed by atoms with Crippen molar-refractivity contribution in [3.8, 4) is 11.5 Å². The summed E-state index contributed by atoms with van der Waals surface area (Å²) < 4.78 is 15.7. The highest BCUT2D eigenvalue weighted by Gasteiger charge is 2.38. The van der Waals surface area contributed by atoms with E-state index in [1.165, 1.54) is 32.1 Å². The van der Waals surface area contributed by atoms with Crippen LogP contribution in [0.2, 0.25) is 5.02 Å². The van der Waals surface area contributed by atoms with Gasteiger partial charge in [-0.15, -0.1) is 6.58 Å². The van der Waals surface area contributed by atoms with Crippen molar-refractivity contribution in [1.82, 2.24) is 5.32 Å². The van der Waals surface area contributed by atoms with Crippen molar-refractivity contribution in [3.63, 3.8) is 0 Å². The lowest BCUT2D eigenvalue weighted by molar-refractivity contribution is -0.158. The maximum absolute atomic E-state index is 12.5. The van der Waals surface area contributed by atoms with E-state index < -0.39 is 23.9 Å². The molecule has 2 atom stereocenters. The van der Waals surface area contributed by atoms with Gasteiger partial charge < -0.3 is 24.4 Å². The highest BCUT2D eigenvalue weighted by atomic mass is 35.5. The van der Waals surface area contributed by atoms with Gasteiger partial charge in [-0.1, -0.05) is 17.7 Å². The van der Waals surface area contributed by atoms with Crippen LogP contribution in [0, 0.1) is 5.92 Å². The summed E-state index contributed by atoms with van der Waals surface area (Å²) >= 11 is 6.17. The molecule has 0 aromatic heterocycles. The summed E-state index contributed by atoms with van der Waals surface area (Å²) in [5, 5.41) is 2.86. The molecule has 28 heavy (non-hydrogen) atoms. The van der Waals surface area contributed by atoms with Crippen LogP contribution in [0.15, 0.2) is 24.8 Å². The quantitative estimate of drug-likeness (QED) is 0.520. The van der Waals surface area contributed by atoms with Gasteiger partial charge in [-0.3, -0.25) is 14.4 Å². The topological polar surface area (TPSA) is 94.2 Å². The Morgan fingerprint density at radius 2 is 2.04 bits per heavy atom. The number of nitrogens with one attached hydrogen (secondary N) is 1. The molecule has 0 unspecified atom stereocenters. The summed E-state index contributed by atoms with van der Waals surface area (Å²) in [6.07, 6.45) is 0.515. The Balaban J connectivity index is 2.11. The van der Waals surface area contributed by atoms with E-state index in [-0.39, 0.29) is 25.4 Å². The van der Waals surface area contributed by atoms with E-state index in [9.17, 15) is 14.4 Å². The molecular weight excluding hydrogens is 388 g/mol. The molecule has 1 aliphatic rings. The molecule has 0 aliphatic carbocycles. The number of esters is 1. The van der Waals surface area contributed by atoms with Crippen LogP contribution in [0.5, 0.6) is 11.5 Å². The first-order valence-corrected chi connectivity index (χ1v) is 9.01. The standard InChI is InChI=1S/C19H23ClN2O6/c1-5-6-21-18(24)11(2)28-19(25)12-7-17(23)22(10-12)14-8-13(20)15(26-3)9-16(14)27-4/h5,8-9,11-12H,1,6-7,10H2,2-4H3,(H,21,24)/t11-,12-/m1/s1. The van der Waals surface area contributed by atoms with E-state index in [4.69, 9.17) is 25.8 Å². The fraction of sp³-hybridized carbons (Fsp3) is 0.421. The van der Waals surface area contributed by atoms with Gasteiger partial charge >= 0.3 is 5.97 Å². The number of hydrogen-bond donors (Lipinski definition) is 1. The maximum atomic E-state index is 12.5. The lowest BCUT2D eigenvalue weighted by Gasteiger charge is -2.21. The second-order valence-corrected chi connectivity index (χ2v) is 6.58. The van der Waals surface area contributed by atoms with Crippen LogP contribution in [0.1, 0.15) is 13.3 Å². The van der Waals surface area contributed by atoms with Gasteiger partial charge in [0.1, 0.15) is 11.5 Å². The van der Waals surface area contributed by atoms with Crippen molar-refractivity contribution in [2.75, 3.05) is 32.2 Å². The molecule has 9 heteroatoms. The van der Waals surface area contributed by atoms with E-state index in [1.54, 1.807) is 12.1 Å². The molecule has 1 aromatic carbocycles. The van der Waals surface area contributed by atoms with E-state index in [1.807, 2.05) is 0 Å². The molecule has 1 aliphatic heterocycles. The normalized spacial score (nSPS) is 17.1. The Morgan fingerprint density at radius 3 is 2.64 bits per heavy atom. The third-order valence-electron chi connectivity index (χ3n) is 4.29. The predicted octanol–water partition coefficient (Wildman–Crippen LogP) is 1.94. The molecular formula is C19H23ClN2O6. The SMILES string of the molecule is C=CCNC(=O)[C@@H](C)OC(=O)[C@@H]1CC(=O)N(c2cc(Cl)c(OC)cc2OC)C1. The van der Waals surface area contributed by atoms with Crippen LogP contribution in [0.3, 0.4) is 0 Å². The Bertz CT molecular complexity index is 782. The summed E-state index contributed by atoms with van der Waals surface area (Å²) in [6, 6.07) is 3.12. The average Bonchev–Trinajstić information content (AvgIpc) is 3.07. The summed E-state index contributed by atoms with van der Waals surface area (Å²) in [4.78, 5) is 38.1. The Kier molecular flexibility index (Phi) is 7.28. The molecule has 1 aromatic rings. The minimum atomic E-state index is -0.971. The molecule has 2 rings (SSSR count). The van der Waals surface area contributed by atoms with Crippen molar-refractivity contribution in [1.29, 1.82) is 0 Å². The van der Waals surface area contributed by atoms with Crippen molar-refractivity contribution >= 4 is 35.1 Å². The highest BCUT2D eigenvalue weighted by molar-refractivity contribution is 6.32. The minimum absolute atomic E-state index is 0.0351. The number of methoxy groups -OCH3 is 2. The third kappa shape index (κ3) is 4.75. The molecule has 2 amide bonds. The highest BCUT2D eigenvalue weighted by Crippen LogP contribution is 2.40. The average molecular weight is 411 g/mol. The minimum Gasteiger partial charge on any atom is -0.495 e. The van der Waals surface area contributed by atoms with Gasteiger partial charge in [0.25, 0.3) is 5.91 Å². The number of carbonyl (C=O) groups is 3. The van der Waals surface area contributed by atoms with Gasteiger partial charge in [-0.25, -0.2) is 0 Å². The number of benzene rings is 1. The maximum Gasteiger partial charge on any atom is 0.312 e. The molecule has 8 nitrogen and oxygen atoms in total. The molecule has 1 saturated heterocycles. The zero-order valence-corrected chi connectivity index (χ0v) is 16.7. The van der Waals surface area contributed by atoms with Crippen LogP contribution in [0.4, 0.5) is 5.69 Å². The van der Waals surface area contributed by atoms with Crippen molar-refractivity contribution in [2.45, 2.75) is 19.4 Å². The Hall–Kier alpha value is -2.74. The molecule has 0 spiro atoms. The van der Waals surface area contributed by atoms with Crippen LogP contribution in [-0.2, 0) is 19.1 Å². The zero-order valence-electron chi connectivity index (χ0n) is 16.0. The number of halogens is 1. The summed E-state index contributed by atoms with van der Waals surface area (Å²) in [5.74, 6) is -1.23. The second kappa shape index (κ2) is 9.45. The van der Waals surface area contributed by atoms with Crippen molar-refractivity contribution < 1.29 is 28.6 Å². The lowest BCUT2D eigenvalue weighted by Crippen LogP contribution is -2.37. The smallest absolute Gasteiger partial charge is 0.312 e. The Labute approximate surface area is 168 Å². The Morgan fingerprint density at radius 1 is 1.36 bits per heavy atom. The van der Waals surface area contributed by atoms with Gasteiger partial charge in [0, 0.05) is 25.6 Å². The number of hydrogen-bond acceptors (Lipinski definition) is 6. The van der Waals surface area contributed by atoms with Crippen LogP contribution in [-0.4, -0.2) is 51.2 Å². The molecule has 1 N–H and O–H groups in total. The summed E-state index contributed by atoms with van der Waals surface area (Å²) in [5.41, 5.74) is 0.436. The number of rotatable bonds is 8. The van der Waals surface area contributed by atoms with Crippen molar-refractivity contribution in [3.05, 3.63) is 29.8 Å². The number of carbonyl (C=O) groups excluding carboxylic acids is 3. The van der Waals surface area contributed by atoms with Gasteiger partial charge in [-0.2, -0.15) is 0 Å². The third-order valence-corrected chi connectivity index (χ3v) is 4.58. The molecule has 152 valence electrons. The van der Waals surface area contributed by atoms with E-state index in [0.29, 0.717) is 22.2 Å². The monoisotopic (exact) mass is 410 g/mol. The van der Waals surface area contributed by atoms with Crippen LogP contribution < -0.4 is 19.7 Å². The van der Waals surface area contributed by atoms with Gasteiger partial charge in [-0.05, 0) is 13.0 Å². The second-order valence-electron chi connectivity index (χ2n) is 6.18. The fourth-order valence-corrected chi connectivity index (χ4v) is 3.03. The number of nitrogens with zero attached hydrogens (tertiary/aromatic N) is 1. The lowest BCUT2D eigenvalue weighted by atomic mass is 10.1. The number of anilines is 1. The first-order valence-electron chi connectivity index (χ1n) is 8.63.